The van der Waals surface area contributed by atoms with E-state index in [1.807, 2.05) is 26.0 Å². The van der Waals surface area contributed by atoms with Crippen LogP contribution >= 0.6 is 26.5 Å². The summed E-state index contributed by atoms with van der Waals surface area (Å²) in [5.41, 5.74) is 3.15. The lowest BCUT2D eigenvalue weighted by atomic mass is 10.0. The average Bonchev–Trinajstić information content (AvgIpc) is 3.24. The number of rotatable bonds is 4. The van der Waals surface area contributed by atoms with Crippen molar-refractivity contribution in [2.75, 3.05) is 11.5 Å². The Morgan fingerprint density at radius 1 is 1.05 bits per heavy atom. The van der Waals surface area contributed by atoms with E-state index >= 15 is 0 Å². The van der Waals surface area contributed by atoms with Gasteiger partial charge in [-0.05, 0) is 68.1 Å². The van der Waals surface area contributed by atoms with Gasteiger partial charge in [0.05, 0.1) is 11.3 Å². The summed E-state index contributed by atoms with van der Waals surface area (Å²) in [7, 11) is -2.61. The van der Waals surface area contributed by atoms with Gasteiger partial charge in [-0.3, -0.25) is 18.5 Å². The minimum atomic E-state index is -2.61. The Bertz CT molecular complexity index is 1530. The number of nitrogens with zero attached hydrogens (tertiary/aromatic N) is 2. The van der Waals surface area contributed by atoms with Crippen molar-refractivity contribution in [3.05, 3.63) is 92.1 Å². The molecule has 1 aliphatic rings. The summed E-state index contributed by atoms with van der Waals surface area (Å²) in [5, 5.41) is 0. The standard InChI is InChI=1S/C27H25BrF2N2O4S/c1-15-11-19(28)12-16(2)25(15)32-14-18(3-6-23(32)33)24-26(21-5-4-20(29)13-22(21)30)36-27(31-24)17-7-9-37(34,35)10-8-17/h3-6,11-14,17,34-35H,7-10H2,1-2H3. The first-order valence-corrected chi connectivity index (χ1v) is 14.4. The van der Waals surface area contributed by atoms with E-state index in [4.69, 9.17) is 9.40 Å². The van der Waals surface area contributed by atoms with Crippen molar-refractivity contribution in [1.82, 2.24) is 9.55 Å². The predicted molar refractivity (Wildman–Crippen MR) is 145 cm³/mol. The topological polar surface area (TPSA) is 88.5 Å². The van der Waals surface area contributed by atoms with Crippen molar-refractivity contribution in [2.24, 2.45) is 0 Å². The van der Waals surface area contributed by atoms with Crippen LogP contribution in [0.25, 0.3) is 28.3 Å². The zero-order valence-corrected chi connectivity index (χ0v) is 22.6. The maximum absolute atomic E-state index is 14.9. The molecular weight excluding hydrogens is 566 g/mol. The molecule has 4 aromatic rings. The van der Waals surface area contributed by atoms with Gasteiger partial charge < -0.3 is 4.42 Å². The van der Waals surface area contributed by atoms with Gasteiger partial charge in [0.2, 0.25) is 0 Å². The van der Waals surface area contributed by atoms with E-state index in [1.54, 1.807) is 12.3 Å². The third-order valence-electron chi connectivity index (χ3n) is 6.64. The van der Waals surface area contributed by atoms with Crippen LogP contribution in [0.3, 0.4) is 0 Å². The van der Waals surface area contributed by atoms with Gasteiger partial charge >= 0.3 is 0 Å². The zero-order valence-electron chi connectivity index (χ0n) is 20.2. The Morgan fingerprint density at radius 3 is 2.38 bits per heavy atom. The molecule has 10 heteroatoms. The Morgan fingerprint density at radius 2 is 1.73 bits per heavy atom. The van der Waals surface area contributed by atoms with Gasteiger partial charge in [0.15, 0.2) is 11.7 Å². The van der Waals surface area contributed by atoms with Gasteiger partial charge in [0.1, 0.15) is 17.3 Å². The largest absolute Gasteiger partial charge is 0.440 e. The molecule has 6 nitrogen and oxygen atoms in total. The summed E-state index contributed by atoms with van der Waals surface area (Å²) in [6.07, 6.45) is 2.57. The van der Waals surface area contributed by atoms with E-state index in [0.717, 1.165) is 33.4 Å². The van der Waals surface area contributed by atoms with Crippen LogP contribution in [-0.2, 0) is 0 Å². The Hall–Kier alpha value is -2.79. The lowest BCUT2D eigenvalue weighted by molar-refractivity contribution is 0.408. The van der Waals surface area contributed by atoms with Crippen LogP contribution in [-0.4, -0.2) is 30.2 Å². The summed E-state index contributed by atoms with van der Waals surface area (Å²) in [4.78, 5) is 17.6. The smallest absolute Gasteiger partial charge is 0.255 e. The molecule has 0 amide bonds. The van der Waals surface area contributed by atoms with E-state index in [2.05, 4.69) is 15.9 Å². The molecule has 194 valence electrons. The summed E-state index contributed by atoms with van der Waals surface area (Å²) < 4.78 is 57.1. The Kier molecular flexibility index (Phi) is 6.86. The average molecular weight is 591 g/mol. The fraction of sp³-hybridized carbons (Fsp3) is 0.259. The first-order valence-electron chi connectivity index (χ1n) is 11.7. The minimum Gasteiger partial charge on any atom is -0.440 e. The van der Waals surface area contributed by atoms with E-state index in [9.17, 15) is 22.7 Å². The molecule has 37 heavy (non-hydrogen) atoms. The van der Waals surface area contributed by atoms with Crippen LogP contribution in [0.1, 0.15) is 35.8 Å². The quantitative estimate of drug-likeness (QED) is 0.258. The van der Waals surface area contributed by atoms with Crippen molar-refractivity contribution >= 4 is 26.5 Å². The van der Waals surface area contributed by atoms with Gasteiger partial charge in [-0.1, -0.05) is 15.9 Å². The molecule has 2 aromatic heterocycles. The Balaban J connectivity index is 1.67. The molecule has 1 aliphatic heterocycles. The lowest BCUT2D eigenvalue weighted by Crippen LogP contribution is -2.19. The molecule has 2 aromatic carbocycles. The van der Waals surface area contributed by atoms with Crippen LogP contribution in [0.2, 0.25) is 0 Å². The molecule has 0 aliphatic carbocycles. The lowest BCUT2D eigenvalue weighted by Gasteiger charge is -2.38. The maximum atomic E-state index is 14.9. The molecular formula is C27H25BrF2N2O4S. The molecule has 1 fully saturated rings. The van der Waals surface area contributed by atoms with Gasteiger partial charge in [-0.2, -0.15) is 10.6 Å². The highest BCUT2D eigenvalue weighted by molar-refractivity contribution is 9.10. The first-order chi connectivity index (χ1) is 17.5. The molecule has 0 spiro atoms. The van der Waals surface area contributed by atoms with E-state index in [-0.39, 0.29) is 34.3 Å². The van der Waals surface area contributed by atoms with Crippen LogP contribution in [0, 0.1) is 25.5 Å². The monoisotopic (exact) mass is 590 g/mol. The summed E-state index contributed by atoms with van der Waals surface area (Å²) >= 11 is 3.48. The van der Waals surface area contributed by atoms with Crippen molar-refractivity contribution in [1.29, 1.82) is 0 Å². The zero-order chi connectivity index (χ0) is 26.5. The molecule has 2 N–H and O–H groups in total. The summed E-state index contributed by atoms with van der Waals surface area (Å²) in [6, 6.07) is 10.1. The van der Waals surface area contributed by atoms with Crippen LogP contribution in [0.15, 0.2) is 62.3 Å². The number of halogens is 3. The third-order valence-corrected chi connectivity index (χ3v) is 8.87. The fourth-order valence-electron chi connectivity index (χ4n) is 4.80. The number of hydrogen-bond donors (Lipinski definition) is 2. The highest BCUT2D eigenvalue weighted by Gasteiger charge is 2.30. The van der Waals surface area contributed by atoms with Crippen LogP contribution in [0.5, 0.6) is 0 Å². The number of benzene rings is 2. The summed E-state index contributed by atoms with van der Waals surface area (Å²) in [5.74, 6) is -0.746. The highest BCUT2D eigenvalue weighted by atomic mass is 79.9. The van der Waals surface area contributed by atoms with E-state index in [1.165, 1.54) is 16.7 Å². The number of oxazole rings is 1. The minimum absolute atomic E-state index is 0.0454. The molecule has 3 heterocycles. The fourth-order valence-corrected chi connectivity index (χ4v) is 7.02. The van der Waals surface area contributed by atoms with Crippen LogP contribution in [0.4, 0.5) is 8.78 Å². The van der Waals surface area contributed by atoms with Crippen molar-refractivity contribution < 1.29 is 22.3 Å². The second-order valence-electron chi connectivity index (χ2n) is 9.35. The number of pyridine rings is 1. The second-order valence-corrected chi connectivity index (χ2v) is 12.7. The van der Waals surface area contributed by atoms with Crippen molar-refractivity contribution in [2.45, 2.75) is 32.6 Å². The number of aryl methyl sites for hydroxylation is 2. The molecule has 0 unspecified atom stereocenters. The predicted octanol–water partition coefficient (Wildman–Crippen LogP) is 7.45. The highest BCUT2D eigenvalue weighted by Crippen LogP contribution is 2.49. The van der Waals surface area contributed by atoms with Gasteiger partial charge in [-0.25, -0.2) is 13.8 Å². The number of hydrogen-bond acceptors (Lipinski definition) is 5. The molecule has 5 rings (SSSR count). The van der Waals surface area contributed by atoms with Gasteiger partial charge in [0.25, 0.3) is 5.56 Å². The second kappa shape index (κ2) is 9.83. The molecule has 1 saturated heterocycles. The van der Waals surface area contributed by atoms with Gasteiger partial charge in [-0.15, -0.1) is 0 Å². The third kappa shape index (κ3) is 5.16. The maximum Gasteiger partial charge on any atom is 0.255 e. The van der Waals surface area contributed by atoms with Crippen molar-refractivity contribution in [3.63, 3.8) is 0 Å². The molecule has 0 bridgehead atoms. The molecule has 0 atom stereocenters. The normalized spacial score (nSPS) is 16.6. The first kappa shape index (κ1) is 25.8. The van der Waals surface area contributed by atoms with Crippen LogP contribution < -0.4 is 5.56 Å². The summed E-state index contributed by atoms with van der Waals surface area (Å²) in [6.45, 7) is 3.82. The van der Waals surface area contributed by atoms with E-state index in [0.29, 0.717) is 30.0 Å². The Labute approximate surface area is 222 Å². The van der Waals surface area contributed by atoms with E-state index < -0.39 is 22.2 Å². The SMILES string of the molecule is Cc1cc(Br)cc(C)c1-n1cc(-c2nc(C3CCS(O)(O)CC3)oc2-c2ccc(F)cc2F)ccc1=O. The molecule has 0 radical (unpaired) electrons. The van der Waals surface area contributed by atoms with Gasteiger partial charge in [0, 0.05) is 45.8 Å². The van der Waals surface area contributed by atoms with Crippen molar-refractivity contribution in [3.8, 4) is 28.3 Å². The number of aromatic nitrogens is 2. The molecule has 0 saturated carbocycles.